The zero-order valence-electron chi connectivity index (χ0n) is 31.1. The molecule has 5 saturated carbocycles. The predicted octanol–water partition coefficient (Wildman–Crippen LogP) is 8.68. The maximum Gasteiger partial charge on any atom is 0.247 e. The summed E-state index contributed by atoms with van der Waals surface area (Å²) in [5.41, 5.74) is 3.99. The van der Waals surface area contributed by atoms with E-state index in [9.17, 15) is 15.2 Å². The van der Waals surface area contributed by atoms with E-state index in [1.165, 1.54) is 44.9 Å². The maximum atomic E-state index is 14.3. The first-order chi connectivity index (χ1) is 24.5. The van der Waals surface area contributed by atoms with Gasteiger partial charge in [0.05, 0.1) is 29.6 Å². The highest BCUT2D eigenvalue weighted by atomic mass is 16.4. The topological polar surface area (TPSA) is 112 Å². The van der Waals surface area contributed by atoms with Crippen molar-refractivity contribution in [1.82, 2.24) is 15.5 Å². The van der Waals surface area contributed by atoms with Gasteiger partial charge in [0, 0.05) is 12.1 Å². The van der Waals surface area contributed by atoms with Crippen LogP contribution in [0, 0.1) is 62.6 Å². The third-order valence-electron chi connectivity index (χ3n) is 15.7. The van der Waals surface area contributed by atoms with Gasteiger partial charge < -0.3 is 14.8 Å². The standard InChI is InChI=1S/C44H56N4O3/c1-41(2)35-16-20-42(3)33-15-22-44(19-7-12-34(44)32(33)13-14-36(42)43(35,4)21-17-37(41)49)40(50)46-23-18-28-8-6-11-31(25-28)39-48-47-38(51-39)26-29-9-5-10-30(24-29)27-45/h5-6,8-11,24-25,32-37,49H,7,12-23,26H2,1-4H3,(H,46,50). The number of hydrogen-bond donors (Lipinski definition) is 2. The third-order valence-corrected chi connectivity index (χ3v) is 15.7. The molecule has 1 heterocycles. The summed E-state index contributed by atoms with van der Waals surface area (Å²) in [5.74, 6) is 4.47. The van der Waals surface area contributed by atoms with Gasteiger partial charge in [-0.25, -0.2) is 0 Å². The molecule has 1 amide bonds. The van der Waals surface area contributed by atoms with Crippen molar-refractivity contribution in [3.8, 4) is 17.5 Å². The van der Waals surface area contributed by atoms with Crippen LogP contribution in [0.1, 0.15) is 121 Å². The Morgan fingerprint density at radius 3 is 2.53 bits per heavy atom. The zero-order valence-corrected chi connectivity index (χ0v) is 31.1. The van der Waals surface area contributed by atoms with Crippen LogP contribution in [0.15, 0.2) is 52.9 Å². The Hall–Kier alpha value is -3.50. The fourth-order valence-electron chi connectivity index (χ4n) is 13.3. The van der Waals surface area contributed by atoms with Crippen molar-refractivity contribution in [3.63, 3.8) is 0 Å². The maximum absolute atomic E-state index is 14.3. The molecule has 5 aliphatic rings. The van der Waals surface area contributed by atoms with Gasteiger partial charge in [-0.1, -0.05) is 58.4 Å². The Morgan fingerprint density at radius 1 is 0.882 bits per heavy atom. The van der Waals surface area contributed by atoms with Gasteiger partial charge >= 0.3 is 0 Å². The molecule has 0 spiro atoms. The minimum Gasteiger partial charge on any atom is -0.420 e. The van der Waals surface area contributed by atoms with Crippen molar-refractivity contribution >= 4 is 5.91 Å². The summed E-state index contributed by atoms with van der Waals surface area (Å²) in [7, 11) is 0. The van der Waals surface area contributed by atoms with Gasteiger partial charge in [0.15, 0.2) is 0 Å². The highest BCUT2D eigenvalue weighted by molar-refractivity contribution is 5.83. The lowest BCUT2D eigenvalue weighted by Gasteiger charge is -2.69. The number of nitriles is 1. The molecule has 8 rings (SSSR count). The molecular formula is C44H56N4O3. The number of nitrogens with one attached hydrogen (secondary N) is 1. The van der Waals surface area contributed by atoms with E-state index in [2.05, 4.69) is 61.4 Å². The average Bonchev–Trinajstić information content (AvgIpc) is 3.78. The summed E-state index contributed by atoms with van der Waals surface area (Å²) in [6.07, 6.45) is 13.8. The summed E-state index contributed by atoms with van der Waals surface area (Å²) in [4.78, 5) is 14.3. The summed E-state index contributed by atoms with van der Waals surface area (Å²) >= 11 is 0. The molecule has 1 aromatic heterocycles. The second-order valence-corrected chi connectivity index (χ2v) is 18.3. The summed E-state index contributed by atoms with van der Waals surface area (Å²) in [6, 6.07) is 17.8. The molecule has 2 aromatic carbocycles. The van der Waals surface area contributed by atoms with Crippen LogP contribution >= 0.6 is 0 Å². The second kappa shape index (κ2) is 12.9. The highest BCUT2D eigenvalue weighted by Crippen LogP contribution is 2.73. The molecule has 7 nitrogen and oxygen atoms in total. The SMILES string of the molecule is CC1(C)C(O)CCC2(C)C1CCC1(C)C3CCC4(C(=O)NCCc5cccc(-c6nnc(Cc7cccc(C#N)c7)o6)c5)CCCC4C3CCC12. The Balaban J connectivity index is 0.912. The number of rotatable bonds is 7. The van der Waals surface area contributed by atoms with E-state index in [0.717, 1.165) is 54.7 Å². The van der Waals surface area contributed by atoms with E-state index in [0.29, 0.717) is 70.7 Å². The first kappa shape index (κ1) is 34.6. The van der Waals surface area contributed by atoms with Gasteiger partial charge in [-0.3, -0.25) is 4.79 Å². The average molecular weight is 689 g/mol. The fourth-order valence-corrected chi connectivity index (χ4v) is 13.3. The van der Waals surface area contributed by atoms with Crippen molar-refractivity contribution in [2.75, 3.05) is 6.54 Å². The van der Waals surface area contributed by atoms with Crippen LogP contribution in [-0.2, 0) is 17.6 Å². The number of carbonyl (C=O) groups is 1. The van der Waals surface area contributed by atoms with Crippen LogP contribution in [0.25, 0.3) is 11.5 Å². The number of aromatic nitrogens is 2. The van der Waals surface area contributed by atoms with Crippen LogP contribution < -0.4 is 5.32 Å². The first-order valence-corrected chi connectivity index (χ1v) is 19.8. The predicted molar refractivity (Wildman–Crippen MR) is 197 cm³/mol. The molecule has 5 fully saturated rings. The van der Waals surface area contributed by atoms with E-state index in [4.69, 9.17) is 4.42 Å². The number of aliphatic hydroxyl groups excluding tert-OH is 1. The normalized spacial score (nSPS) is 36.5. The van der Waals surface area contributed by atoms with Crippen molar-refractivity contribution in [2.24, 2.45) is 51.2 Å². The van der Waals surface area contributed by atoms with Gasteiger partial charge in [-0.05, 0) is 152 Å². The van der Waals surface area contributed by atoms with Gasteiger partial charge in [0.25, 0.3) is 0 Å². The molecule has 0 radical (unpaired) electrons. The Morgan fingerprint density at radius 2 is 1.69 bits per heavy atom. The zero-order chi connectivity index (χ0) is 35.6. The molecule has 0 aliphatic heterocycles. The van der Waals surface area contributed by atoms with E-state index in [1.54, 1.807) is 6.07 Å². The number of aliphatic hydroxyl groups is 1. The molecule has 3 aromatic rings. The molecule has 9 unspecified atom stereocenters. The number of carbonyl (C=O) groups excluding carboxylic acids is 1. The van der Waals surface area contributed by atoms with E-state index in [1.807, 2.05) is 30.3 Å². The monoisotopic (exact) mass is 688 g/mol. The van der Waals surface area contributed by atoms with E-state index < -0.39 is 0 Å². The first-order valence-electron chi connectivity index (χ1n) is 19.8. The van der Waals surface area contributed by atoms with Crippen LogP contribution in [0.3, 0.4) is 0 Å². The molecule has 0 saturated heterocycles. The van der Waals surface area contributed by atoms with Crippen molar-refractivity contribution in [1.29, 1.82) is 5.26 Å². The Bertz CT molecular complexity index is 1830. The fraction of sp³-hybridized carbons (Fsp3) is 0.636. The molecule has 51 heavy (non-hydrogen) atoms. The minimum atomic E-state index is -0.211. The number of benzene rings is 2. The molecule has 0 bridgehead atoms. The Kier molecular flexibility index (Phi) is 8.72. The van der Waals surface area contributed by atoms with Gasteiger partial charge in [0.2, 0.25) is 17.7 Å². The number of nitrogens with zero attached hydrogens (tertiary/aromatic N) is 3. The van der Waals surface area contributed by atoms with Gasteiger partial charge in [0.1, 0.15) is 0 Å². The Labute approximate surface area is 304 Å². The van der Waals surface area contributed by atoms with Crippen LogP contribution in [-0.4, -0.2) is 33.9 Å². The van der Waals surface area contributed by atoms with Crippen LogP contribution in [0.4, 0.5) is 0 Å². The van der Waals surface area contributed by atoms with Gasteiger partial charge in [-0.2, -0.15) is 5.26 Å². The lowest BCUT2D eigenvalue weighted by Crippen LogP contribution is -2.63. The lowest BCUT2D eigenvalue weighted by atomic mass is 9.36. The molecule has 9 atom stereocenters. The van der Waals surface area contributed by atoms with Crippen LogP contribution in [0.5, 0.6) is 0 Å². The summed E-state index contributed by atoms with van der Waals surface area (Å²) < 4.78 is 6.01. The highest BCUT2D eigenvalue weighted by Gasteiger charge is 2.67. The van der Waals surface area contributed by atoms with E-state index >= 15 is 0 Å². The second-order valence-electron chi connectivity index (χ2n) is 18.3. The third kappa shape index (κ3) is 5.66. The van der Waals surface area contributed by atoms with Crippen molar-refractivity contribution < 1.29 is 14.3 Å². The number of fused-ring (bicyclic) bond motifs is 7. The summed E-state index contributed by atoms with van der Waals surface area (Å²) in [5, 5.41) is 32.2. The quantitative estimate of drug-likeness (QED) is 0.257. The molecule has 5 aliphatic carbocycles. The molecular weight excluding hydrogens is 633 g/mol. The van der Waals surface area contributed by atoms with Crippen molar-refractivity contribution in [2.45, 2.75) is 117 Å². The van der Waals surface area contributed by atoms with Crippen molar-refractivity contribution in [3.05, 3.63) is 71.1 Å². The van der Waals surface area contributed by atoms with Gasteiger partial charge in [-0.15, -0.1) is 10.2 Å². The van der Waals surface area contributed by atoms with E-state index in [-0.39, 0.29) is 16.9 Å². The number of amides is 1. The number of hydrogen-bond acceptors (Lipinski definition) is 6. The van der Waals surface area contributed by atoms with Crippen LogP contribution in [0.2, 0.25) is 0 Å². The molecule has 2 N–H and O–H groups in total. The smallest absolute Gasteiger partial charge is 0.247 e. The minimum absolute atomic E-state index is 0.0124. The lowest BCUT2D eigenvalue weighted by molar-refractivity contribution is -0.214. The molecule has 270 valence electrons. The largest absolute Gasteiger partial charge is 0.420 e. The molecule has 7 heteroatoms. The summed E-state index contributed by atoms with van der Waals surface area (Å²) in [6.45, 7) is 10.5.